The van der Waals surface area contributed by atoms with Crippen molar-refractivity contribution in [2.24, 2.45) is 0 Å². The number of aryl methyl sites for hydroxylation is 1. The van der Waals surface area contributed by atoms with Gasteiger partial charge in [-0.2, -0.15) is 0 Å². The number of nitrogens with zero attached hydrogens (tertiary/aromatic N) is 3. The van der Waals surface area contributed by atoms with Crippen LogP contribution in [0.25, 0.3) is 5.69 Å². The van der Waals surface area contributed by atoms with E-state index in [1.54, 1.807) is 7.11 Å². The summed E-state index contributed by atoms with van der Waals surface area (Å²) >= 11 is 5.74. The smallest absolute Gasteiger partial charge is 0.170 e. The van der Waals surface area contributed by atoms with E-state index in [0.29, 0.717) is 6.61 Å². The molecule has 3 aromatic rings. The predicted molar refractivity (Wildman–Crippen MR) is 119 cm³/mol. The monoisotopic (exact) mass is 406 g/mol. The highest BCUT2D eigenvalue weighted by molar-refractivity contribution is 7.80. The van der Waals surface area contributed by atoms with Crippen molar-refractivity contribution < 1.29 is 4.74 Å². The Morgan fingerprint density at radius 1 is 1.14 bits per heavy atom. The van der Waals surface area contributed by atoms with Crippen molar-refractivity contribution in [3.05, 3.63) is 83.9 Å². The maximum absolute atomic E-state index is 5.74. The molecular formula is C23H26N4OS. The minimum absolute atomic E-state index is 0.00953. The Bertz CT molecular complexity index is 972. The summed E-state index contributed by atoms with van der Waals surface area (Å²) in [5.74, 6) is 0. The summed E-state index contributed by atoms with van der Waals surface area (Å²) in [7, 11) is 1.73. The molecule has 150 valence electrons. The summed E-state index contributed by atoms with van der Waals surface area (Å²) in [5.41, 5.74) is 4.57. The van der Waals surface area contributed by atoms with Crippen LogP contribution in [0.5, 0.6) is 0 Å². The second-order valence-corrected chi connectivity index (χ2v) is 7.70. The van der Waals surface area contributed by atoms with Crippen LogP contribution in [0.3, 0.4) is 0 Å². The minimum Gasteiger partial charge on any atom is -0.385 e. The molecule has 1 fully saturated rings. The minimum atomic E-state index is -0.00953. The largest absolute Gasteiger partial charge is 0.385 e. The highest BCUT2D eigenvalue weighted by Crippen LogP contribution is 2.39. The van der Waals surface area contributed by atoms with Crippen molar-refractivity contribution in [3.8, 4) is 5.69 Å². The topological polar surface area (TPSA) is 42.3 Å². The number of pyridine rings is 1. The van der Waals surface area contributed by atoms with Gasteiger partial charge in [-0.15, -0.1) is 0 Å². The van der Waals surface area contributed by atoms with Crippen LogP contribution in [0.15, 0.2) is 67.0 Å². The molecule has 4 rings (SSSR count). The van der Waals surface area contributed by atoms with Gasteiger partial charge in [0.2, 0.25) is 0 Å². The summed E-state index contributed by atoms with van der Waals surface area (Å²) < 4.78 is 7.53. The molecule has 0 radical (unpaired) electrons. The van der Waals surface area contributed by atoms with E-state index in [0.717, 1.165) is 29.5 Å². The van der Waals surface area contributed by atoms with Crippen LogP contribution in [0.2, 0.25) is 0 Å². The van der Waals surface area contributed by atoms with Gasteiger partial charge in [0.25, 0.3) is 0 Å². The molecule has 1 aliphatic rings. The Morgan fingerprint density at radius 2 is 2.03 bits per heavy atom. The number of thiocarbonyl (C=S) groups is 1. The second-order valence-electron chi connectivity index (χ2n) is 7.31. The van der Waals surface area contributed by atoms with Gasteiger partial charge >= 0.3 is 0 Å². The van der Waals surface area contributed by atoms with Gasteiger partial charge in [-0.05, 0) is 67.5 Å². The molecule has 5 nitrogen and oxygen atoms in total. The fourth-order valence-corrected chi connectivity index (χ4v) is 4.33. The SMILES string of the molecule is COCCCN1C(=S)N[C@@H](c2ccccn2)[C@@H]1c1cccn1-c1cccc(C)c1. The number of hydrogen-bond acceptors (Lipinski definition) is 3. The molecule has 2 atom stereocenters. The van der Waals surface area contributed by atoms with Gasteiger partial charge in [-0.25, -0.2) is 0 Å². The number of benzene rings is 1. The Morgan fingerprint density at radius 3 is 2.79 bits per heavy atom. The molecule has 6 heteroatoms. The molecule has 0 spiro atoms. The quantitative estimate of drug-likeness (QED) is 0.471. The third-order valence-electron chi connectivity index (χ3n) is 5.31. The zero-order valence-corrected chi connectivity index (χ0v) is 17.6. The fraction of sp³-hybridized carbons (Fsp3) is 0.304. The number of methoxy groups -OCH3 is 1. The molecule has 0 amide bonds. The molecule has 0 unspecified atom stereocenters. The van der Waals surface area contributed by atoms with Crippen molar-refractivity contribution in [2.45, 2.75) is 25.4 Å². The van der Waals surface area contributed by atoms with Gasteiger partial charge in [-0.1, -0.05) is 18.2 Å². The lowest BCUT2D eigenvalue weighted by atomic mass is 10.0. The van der Waals surface area contributed by atoms with Crippen molar-refractivity contribution >= 4 is 17.3 Å². The average molecular weight is 407 g/mol. The lowest BCUT2D eigenvalue weighted by Crippen LogP contribution is -2.32. The van der Waals surface area contributed by atoms with E-state index in [9.17, 15) is 0 Å². The number of hydrogen-bond donors (Lipinski definition) is 1. The van der Waals surface area contributed by atoms with Crippen LogP contribution in [-0.2, 0) is 4.74 Å². The van der Waals surface area contributed by atoms with Gasteiger partial charge < -0.3 is 19.5 Å². The molecule has 3 heterocycles. The maximum atomic E-state index is 5.74. The van der Waals surface area contributed by atoms with Crippen LogP contribution in [-0.4, -0.2) is 39.8 Å². The number of aromatic nitrogens is 2. The molecule has 0 bridgehead atoms. The zero-order chi connectivity index (χ0) is 20.2. The van der Waals surface area contributed by atoms with E-state index < -0.39 is 0 Å². The maximum Gasteiger partial charge on any atom is 0.170 e. The lowest BCUT2D eigenvalue weighted by Gasteiger charge is -2.29. The van der Waals surface area contributed by atoms with E-state index in [4.69, 9.17) is 17.0 Å². The molecule has 1 aliphatic heterocycles. The second kappa shape index (κ2) is 8.76. The zero-order valence-electron chi connectivity index (χ0n) is 16.8. The van der Waals surface area contributed by atoms with Gasteiger partial charge in [0.1, 0.15) is 0 Å². The van der Waals surface area contributed by atoms with Crippen molar-refractivity contribution in [2.75, 3.05) is 20.3 Å². The van der Waals surface area contributed by atoms with Crippen molar-refractivity contribution in [1.29, 1.82) is 0 Å². The predicted octanol–water partition coefficient (Wildman–Crippen LogP) is 4.19. The van der Waals surface area contributed by atoms with Gasteiger partial charge in [0, 0.05) is 44.0 Å². The highest BCUT2D eigenvalue weighted by atomic mass is 32.1. The van der Waals surface area contributed by atoms with Crippen molar-refractivity contribution in [1.82, 2.24) is 19.8 Å². The highest BCUT2D eigenvalue weighted by Gasteiger charge is 2.40. The molecule has 29 heavy (non-hydrogen) atoms. The van der Waals surface area contributed by atoms with Crippen molar-refractivity contribution in [3.63, 3.8) is 0 Å². The first-order chi connectivity index (χ1) is 14.2. The summed E-state index contributed by atoms with van der Waals surface area (Å²) in [4.78, 5) is 6.89. The Balaban J connectivity index is 1.76. The first-order valence-corrected chi connectivity index (χ1v) is 10.3. The molecule has 1 N–H and O–H groups in total. The molecule has 1 saturated heterocycles. The fourth-order valence-electron chi connectivity index (χ4n) is 4.00. The Kier molecular flexibility index (Phi) is 5.92. The van der Waals surface area contributed by atoms with Gasteiger partial charge in [0.05, 0.1) is 17.8 Å². The van der Waals surface area contributed by atoms with E-state index in [1.807, 2.05) is 18.3 Å². The van der Waals surface area contributed by atoms with Crippen LogP contribution < -0.4 is 5.32 Å². The number of rotatable bonds is 7. The third kappa shape index (κ3) is 4.04. The van der Waals surface area contributed by atoms with Crippen LogP contribution in [0, 0.1) is 6.92 Å². The summed E-state index contributed by atoms with van der Waals surface area (Å²) in [5, 5.41) is 4.28. The van der Waals surface area contributed by atoms with E-state index >= 15 is 0 Å². The normalized spacial score (nSPS) is 18.8. The first-order valence-electron chi connectivity index (χ1n) is 9.90. The van der Waals surface area contributed by atoms with Crippen LogP contribution in [0.1, 0.15) is 35.5 Å². The van der Waals surface area contributed by atoms with E-state index in [2.05, 4.69) is 75.4 Å². The average Bonchev–Trinajstić information content (AvgIpc) is 3.33. The van der Waals surface area contributed by atoms with E-state index in [1.165, 1.54) is 11.3 Å². The third-order valence-corrected chi connectivity index (χ3v) is 5.66. The van der Waals surface area contributed by atoms with Gasteiger partial charge in [-0.3, -0.25) is 4.98 Å². The first kappa shape index (κ1) is 19.6. The summed E-state index contributed by atoms with van der Waals surface area (Å²) in [6.45, 7) is 3.65. The molecule has 0 aliphatic carbocycles. The number of ether oxygens (including phenoxy) is 1. The van der Waals surface area contributed by atoms with Crippen LogP contribution in [0.4, 0.5) is 0 Å². The Hall–Kier alpha value is -2.70. The Labute approximate surface area is 177 Å². The standard InChI is InChI=1S/C23H26N4OS/c1-17-8-5-9-18(16-17)26-13-6-11-20(26)22-21(19-10-3-4-12-24-19)25-23(29)27(22)14-7-15-28-2/h3-6,8-13,16,21-22H,7,14-15H2,1-2H3,(H,25,29)/t21-,22-/m0/s1. The molecule has 0 saturated carbocycles. The number of nitrogens with one attached hydrogen (secondary N) is 1. The summed E-state index contributed by atoms with van der Waals surface area (Å²) in [6.07, 6.45) is 4.87. The lowest BCUT2D eigenvalue weighted by molar-refractivity contribution is 0.180. The van der Waals surface area contributed by atoms with Gasteiger partial charge in [0.15, 0.2) is 5.11 Å². The summed E-state index contributed by atoms with van der Waals surface area (Å²) in [6, 6.07) is 18.9. The molecule has 1 aromatic carbocycles. The molecule has 2 aromatic heterocycles. The van der Waals surface area contributed by atoms with E-state index in [-0.39, 0.29) is 12.1 Å². The van der Waals surface area contributed by atoms with Crippen LogP contribution >= 0.6 is 12.2 Å². The molecular weight excluding hydrogens is 380 g/mol.